The molecule has 1 rings (SSSR count). The predicted octanol–water partition coefficient (Wildman–Crippen LogP) is 8.38. The van der Waals surface area contributed by atoms with E-state index in [1.54, 1.807) is 0 Å². The van der Waals surface area contributed by atoms with Crippen LogP contribution in [0.15, 0.2) is 36.0 Å². The van der Waals surface area contributed by atoms with Crippen LogP contribution >= 0.6 is 0 Å². The molecule has 0 aromatic carbocycles. The van der Waals surface area contributed by atoms with Crippen molar-refractivity contribution in [3.8, 4) is 0 Å². The maximum atomic E-state index is 13.3. The number of allylic oxidation sites excluding steroid dienone is 3. The summed E-state index contributed by atoms with van der Waals surface area (Å²) < 4.78 is 35.8. The molecule has 8 heteroatoms. The fraction of sp³-hybridized carbons (Fsp3) is 0.778. The van der Waals surface area contributed by atoms with E-state index in [1.807, 2.05) is 66.7 Å². The van der Waals surface area contributed by atoms with E-state index in [-0.39, 0.29) is 18.3 Å². The van der Waals surface area contributed by atoms with E-state index in [4.69, 9.17) is 28.4 Å². The highest BCUT2D eigenvalue weighted by atomic mass is 16.7. The molecule has 7 unspecified atom stereocenters. The van der Waals surface area contributed by atoms with Gasteiger partial charge in [0.05, 0.1) is 12.5 Å². The highest BCUT2D eigenvalue weighted by Gasteiger charge is 2.40. The Hall–Kier alpha value is -2.00. The first-order valence-corrected chi connectivity index (χ1v) is 16.9. The van der Waals surface area contributed by atoms with Crippen molar-refractivity contribution in [3.63, 3.8) is 0 Å². The molecule has 0 aromatic heterocycles. The maximum absolute atomic E-state index is 13.3. The van der Waals surface area contributed by atoms with Gasteiger partial charge in [-0.05, 0) is 78.9 Å². The summed E-state index contributed by atoms with van der Waals surface area (Å²) in [6.07, 6.45) is 16.9. The Morgan fingerprint density at radius 3 is 2.34 bits per heavy atom. The molecule has 1 aliphatic rings. The van der Waals surface area contributed by atoms with Crippen LogP contribution < -0.4 is 0 Å². The van der Waals surface area contributed by atoms with Crippen LogP contribution in [-0.4, -0.2) is 61.6 Å². The smallest absolute Gasteiger partial charge is 0.309 e. The Labute approximate surface area is 267 Å². The number of unbranched alkanes of at least 4 members (excludes halogenated alkanes) is 6. The van der Waals surface area contributed by atoms with Gasteiger partial charge in [-0.1, -0.05) is 70.3 Å². The minimum atomic E-state index is -0.949. The molecular formula is C36H62O8. The minimum absolute atomic E-state index is 0.0564. The Bertz CT molecular complexity index is 897. The van der Waals surface area contributed by atoms with Gasteiger partial charge in [-0.3, -0.25) is 9.59 Å². The van der Waals surface area contributed by atoms with Gasteiger partial charge in [0.1, 0.15) is 17.8 Å². The van der Waals surface area contributed by atoms with Gasteiger partial charge in [-0.15, -0.1) is 0 Å². The van der Waals surface area contributed by atoms with Crippen LogP contribution in [0.25, 0.3) is 0 Å². The van der Waals surface area contributed by atoms with Crippen LogP contribution in [0.5, 0.6) is 0 Å². The summed E-state index contributed by atoms with van der Waals surface area (Å²) in [5.41, 5.74) is -0.0182. The Morgan fingerprint density at radius 2 is 1.68 bits per heavy atom. The standard InChI is InChI=1S/C36H62O8/c1-10-13-14-15-16-17-18-19-20-21-27(4)35-28(5)22-23-33(41-29(6)37)36(9,44-31(8)40-12-3)25-24-32(26-34(38)43-35)42-30(7)39-11-2/h19-23,28,30-33,35H,10-18,24-26H2,1-9H3/b20-19+,23-22-,27-21+. The summed E-state index contributed by atoms with van der Waals surface area (Å²) in [6, 6.07) is 0. The van der Waals surface area contributed by atoms with E-state index < -0.39 is 42.5 Å². The first-order valence-electron chi connectivity index (χ1n) is 16.9. The molecule has 0 N–H and O–H groups in total. The van der Waals surface area contributed by atoms with Crippen LogP contribution in [0.4, 0.5) is 0 Å². The number of hydrogen-bond donors (Lipinski definition) is 0. The normalized spacial score (nSPS) is 27.7. The fourth-order valence-electron chi connectivity index (χ4n) is 5.49. The number of carbonyl (C=O) groups excluding carboxylic acids is 2. The highest BCUT2D eigenvalue weighted by Crippen LogP contribution is 2.32. The second-order valence-corrected chi connectivity index (χ2v) is 12.1. The molecule has 44 heavy (non-hydrogen) atoms. The van der Waals surface area contributed by atoms with Crippen molar-refractivity contribution in [2.45, 2.75) is 163 Å². The van der Waals surface area contributed by atoms with Gasteiger partial charge in [-0.25, -0.2) is 0 Å². The third-order valence-electron chi connectivity index (χ3n) is 7.87. The first kappa shape index (κ1) is 40.0. The molecule has 0 bridgehead atoms. The van der Waals surface area contributed by atoms with Gasteiger partial charge < -0.3 is 28.4 Å². The topological polar surface area (TPSA) is 89.5 Å². The molecule has 1 aliphatic heterocycles. The van der Waals surface area contributed by atoms with E-state index in [0.717, 1.165) is 12.0 Å². The molecular weight excluding hydrogens is 560 g/mol. The summed E-state index contributed by atoms with van der Waals surface area (Å²) in [5.74, 6) is -0.948. The van der Waals surface area contributed by atoms with Gasteiger partial charge in [0.2, 0.25) is 0 Å². The minimum Gasteiger partial charge on any atom is -0.457 e. The Balaban J connectivity index is 3.33. The lowest BCUT2D eigenvalue weighted by atomic mass is 9.88. The second kappa shape index (κ2) is 22.5. The molecule has 8 nitrogen and oxygen atoms in total. The Kier molecular flexibility index (Phi) is 20.5. The van der Waals surface area contributed by atoms with Crippen LogP contribution in [0.3, 0.4) is 0 Å². The highest BCUT2D eigenvalue weighted by molar-refractivity contribution is 5.70. The summed E-state index contributed by atoms with van der Waals surface area (Å²) >= 11 is 0. The van der Waals surface area contributed by atoms with Crippen molar-refractivity contribution in [1.82, 2.24) is 0 Å². The lowest BCUT2D eigenvalue weighted by Crippen LogP contribution is -2.47. The molecule has 0 radical (unpaired) electrons. The average molecular weight is 623 g/mol. The van der Waals surface area contributed by atoms with Crippen molar-refractivity contribution >= 4 is 11.9 Å². The van der Waals surface area contributed by atoms with Gasteiger partial charge in [0.25, 0.3) is 0 Å². The SMILES string of the molecule is CCCCCCCC/C=C/C=C(\C)C1OC(=O)CC(OC(C)OCC)CCC(C)(OC(C)OCC)C(OC(C)=O)/C=C\C1C. The van der Waals surface area contributed by atoms with E-state index in [2.05, 4.69) is 19.1 Å². The van der Waals surface area contributed by atoms with Crippen molar-refractivity contribution in [3.05, 3.63) is 36.0 Å². The summed E-state index contributed by atoms with van der Waals surface area (Å²) in [4.78, 5) is 25.6. The average Bonchev–Trinajstić information content (AvgIpc) is 2.95. The number of rotatable bonds is 18. The third kappa shape index (κ3) is 16.4. The second-order valence-electron chi connectivity index (χ2n) is 12.1. The predicted molar refractivity (Wildman–Crippen MR) is 175 cm³/mol. The van der Waals surface area contributed by atoms with Crippen molar-refractivity contribution in [2.75, 3.05) is 13.2 Å². The van der Waals surface area contributed by atoms with Gasteiger partial charge >= 0.3 is 11.9 Å². The van der Waals surface area contributed by atoms with Gasteiger partial charge in [0.15, 0.2) is 12.6 Å². The summed E-state index contributed by atoms with van der Waals surface area (Å²) in [7, 11) is 0. The first-order chi connectivity index (χ1) is 20.9. The number of carbonyl (C=O) groups is 2. The zero-order valence-corrected chi connectivity index (χ0v) is 29.1. The molecule has 0 fully saturated rings. The van der Waals surface area contributed by atoms with E-state index in [0.29, 0.717) is 26.1 Å². The number of ether oxygens (including phenoxy) is 6. The van der Waals surface area contributed by atoms with E-state index in [9.17, 15) is 9.59 Å². The van der Waals surface area contributed by atoms with Crippen LogP contribution in [-0.2, 0) is 38.0 Å². The zero-order chi connectivity index (χ0) is 33.0. The number of cyclic esters (lactones) is 1. The number of hydrogen-bond acceptors (Lipinski definition) is 8. The molecule has 0 saturated carbocycles. The lowest BCUT2D eigenvalue weighted by molar-refractivity contribution is -0.230. The largest absolute Gasteiger partial charge is 0.457 e. The lowest BCUT2D eigenvalue weighted by Gasteiger charge is -2.39. The maximum Gasteiger partial charge on any atom is 0.309 e. The van der Waals surface area contributed by atoms with E-state index >= 15 is 0 Å². The molecule has 1 heterocycles. The van der Waals surface area contributed by atoms with Gasteiger partial charge in [-0.2, -0.15) is 0 Å². The fourth-order valence-corrected chi connectivity index (χ4v) is 5.49. The molecule has 0 spiro atoms. The molecule has 0 aliphatic carbocycles. The summed E-state index contributed by atoms with van der Waals surface area (Å²) in [6.45, 7) is 17.9. The molecule has 0 aromatic rings. The Morgan fingerprint density at radius 1 is 1.02 bits per heavy atom. The molecule has 0 saturated heterocycles. The monoisotopic (exact) mass is 622 g/mol. The molecule has 254 valence electrons. The van der Waals surface area contributed by atoms with Gasteiger partial charge in [0, 0.05) is 26.1 Å². The van der Waals surface area contributed by atoms with Crippen molar-refractivity contribution < 1.29 is 38.0 Å². The number of esters is 2. The van der Waals surface area contributed by atoms with Crippen molar-refractivity contribution in [2.24, 2.45) is 5.92 Å². The van der Waals surface area contributed by atoms with E-state index in [1.165, 1.54) is 45.4 Å². The van der Waals surface area contributed by atoms with Crippen LogP contribution in [0.2, 0.25) is 0 Å². The summed E-state index contributed by atoms with van der Waals surface area (Å²) in [5, 5.41) is 0. The zero-order valence-electron chi connectivity index (χ0n) is 29.1. The van der Waals surface area contributed by atoms with Crippen molar-refractivity contribution in [1.29, 1.82) is 0 Å². The molecule has 0 amide bonds. The van der Waals surface area contributed by atoms with Crippen LogP contribution in [0, 0.1) is 5.92 Å². The quantitative estimate of drug-likeness (QED) is 0.0495. The van der Waals surface area contributed by atoms with Crippen LogP contribution in [0.1, 0.15) is 127 Å². The third-order valence-corrected chi connectivity index (χ3v) is 7.87. The molecule has 7 atom stereocenters.